The van der Waals surface area contributed by atoms with Crippen molar-refractivity contribution in [2.75, 3.05) is 17.7 Å². The lowest BCUT2D eigenvalue weighted by Gasteiger charge is -2.10. The SMILES string of the molecule is CCOCc1ccccc1CNc1nccc(N)n1. The Hall–Kier alpha value is -2.14. The van der Waals surface area contributed by atoms with Gasteiger partial charge >= 0.3 is 0 Å². The van der Waals surface area contributed by atoms with Crippen LogP contribution >= 0.6 is 0 Å². The van der Waals surface area contributed by atoms with Gasteiger partial charge in [-0.15, -0.1) is 0 Å². The highest BCUT2D eigenvalue weighted by molar-refractivity contribution is 5.37. The molecule has 5 heteroatoms. The molecule has 0 aliphatic rings. The molecule has 0 aliphatic heterocycles. The molecule has 1 aromatic heterocycles. The molecule has 0 bridgehead atoms. The lowest BCUT2D eigenvalue weighted by atomic mass is 10.1. The number of nitrogens with one attached hydrogen (secondary N) is 1. The molecular formula is C14H18N4O. The molecule has 0 atom stereocenters. The van der Waals surface area contributed by atoms with Gasteiger partial charge in [0.15, 0.2) is 0 Å². The number of rotatable bonds is 6. The Labute approximate surface area is 112 Å². The molecule has 2 rings (SSSR count). The van der Waals surface area contributed by atoms with Crippen LogP contribution in [0, 0.1) is 0 Å². The van der Waals surface area contributed by atoms with Gasteiger partial charge in [-0.2, -0.15) is 4.98 Å². The maximum absolute atomic E-state index is 5.61. The summed E-state index contributed by atoms with van der Waals surface area (Å²) in [5, 5.41) is 3.16. The summed E-state index contributed by atoms with van der Waals surface area (Å²) >= 11 is 0. The van der Waals surface area contributed by atoms with E-state index in [4.69, 9.17) is 10.5 Å². The minimum Gasteiger partial charge on any atom is -0.384 e. The van der Waals surface area contributed by atoms with Gasteiger partial charge in [-0.1, -0.05) is 24.3 Å². The fourth-order valence-corrected chi connectivity index (χ4v) is 1.71. The van der Waals surface area contributed by atoms with E-state index in [2.05, 4.69) is 27.4 Å². The highest BCUT2D eigenvalue weighted by atomic mass is 16.5. The first kappa shape index (κ1) is 13.3. The number of aromatic nitrogens is 2. The summed E-state index contributed by atoms with van der Waals surface area (Å²) in [6.07, 6.45) is 1.64. The van der Waals surface area contributed by atoms with Crippen LogP contribution in [-0.2, 0) is 17.9 Å². The van der Waals surface area contributed by atoms with E-state index in [1.807, 2.05) is 19.1 Å². The van der Waals surface area contributed by atoms with E-state index in [1.165, 1.54) is 11.1 Å². The van der Waals surface area contributed by atoms with Gasteiger partial charge in [0.05, 0.1) is 6.61 Å². The third kappa shape index (κ3) is 3.93. The van der Waals surface area contributed by atoms with E-state index >= 15 is 0 Å². The topological polar surface area (TPSA) is 73.1 Å². The zero-order valence-electron chi connectivity index (χ0n) is 11.0. The molecular weight excluding hydrogens is 240 g/mol. The molecule has 19 heavy (non-hydrogen) atoms. The maximum atomic E-state index is 5.61. The predicted octanol–water partition coefficient (Wildman–Crippen LogP) is 2.21. The summed E-state index contributed by atoms with van der Waals surface area (Å²) in [6.45, 7) is 3.96. The van der Waals surface area contributed by atoms with Crippen molar-refractivity contribution < 1.29 is 4.74 Å². The number of hydrogen-bond donors (Lipinski definition) is 2. The average Bonchev–Trinajstić information content (AvgIpc) is 2.44. The normalized spacial score (nSPS) is 10.4. The lowest BCUT2D eigenvalue weighted by Crippen LogP contribution is -2.07. The van der Waals surface area contributed by atoms with Gasteiger partial charge in [0.1, 0.15) is 5.82 Å². The number of ether oxygens (including phenoxy) is 1. The van der Waals surface area contributed by atoms with Crippen molar-refractivity contribution >= 4 is 11.8 Å². The number of nitrogens with zero attached hydrogens (tertiary/aromatic N) is 2. The van der Waals surface area contributed by atoms with Crippen LogP contribution in [0.5, 0.6) is 0 Å². The summed E-state index contributed by atoms with van der Waals surface area (Å²) in [4.78, 5) is 8.22. The molecule has 2 aromatic rings. The molecule has 3 N–H and O–H groups in total. The van der Waals surface area contributed by atoms with Crippen molar-refractivity contribution in [3.63, 3.8) is 0 Å². The maximum Gasteiger partial charge on any atom is 0.224 e. The molecule has 0 saturated heterocycles. The third-order valence-corrected chi connectivity index (χ3v) is 2.69. The smallest absolute Gasteiger partial charge is 0.224 e. The van der Waals surface area contributed by atoms with Crippen LogP contribution < -0.4 is 11.1 Å². The van der Waals surface area contributed by atoms with E-state index in [1.54, 1.807) is 12.3 Å². The van der Waals surface area contributed by atoms with Gasteiger partial charge < -0.3 is 15.8 Å². The van der Waals surface area contributed by atoms with E-state index in [-0.39, 0.29) is 0 Å². The molecule has 0 saturated carbocycles. The lowest BCUT2D eigenvalue weighted by molar-refractivity contribution is 0.133. The summed E-state index contributed by atoms with van der Waals surface area (Å²) in [5.74, 6) is 0.992. The predicted molar refractivity (Wildman–Crippen MR) is 75.5 cm³/mol. The minimum absolute atomic E-state index is 0.458. The molecule has 0 amide bonds. The van der Waals surface area contributed by atoms with Crippen molar-refractivity contribution in [2.24, 2.45) is 0 Å². The van der Waals surface area contributed by atoms with Gasteiger partial charge in [0.25, 0.3) is 0 Å². The Balaban J connectivity index is 2.02. The molecule has 0 unspecified atom stereocenters. The first-order valence-electron chi connectivity index (χ1n) is 6.26. The second-order valence-electron chi connectivity index (χ2n) is 4.06. The van der Waals surface area contributed by atoms with Crippen LogP contribution in [0.4, 0.5) is 11.8 Å². The molecule has 5 nitrogen and oxygen atoms in total. The largest absolute Gasteiger partial charge is 0.384 e. The zero-order chi connectivity index (χ0) is 13.5. The number of nitrogens with two attached hydrogens (primary N) is 1. The second-order valence-corrected chi connectivity index (χ2v) is 4.06. The molecule has 1 heterocycles. The third-order valence-electron chi connectivity index (χ3n) is 2.69. The fourth-order valence-electron chi connectivity index (χ4n) is 1.71. The van der Waals surface area contributed by atoms with Gasteiger partial charge in [-0.05, 0) is 24.1 Å². The molecule has 100 valence electrons. The van der Waals surface area contributed by atoms with Crippen LogP contribution in [0.25, 0.3) is 0 Å². The first-order valence-corrected chi connectivity index (χ1v) is 6.26. The van der Waals surface area contributed by atoms with Gasteiger partial charge in [-0.3, -0.25) is 0 Å². The Morgan fingerprint density at radius 3 is 2.74 bits per heavy atom. The Kier molecular flexibility index (Phi) is 4.69. The Bertz CT molecular complexity index is 530. The summed E-state index contributed by atoms with van der Waals surface area (Å²) in [6, 6.07) is 9.80. The van der Waals surface area contributed by atoms with E-state index in [0.29, 0.717) is 31.5 Å². The monoisotopic (exact) mass is 258 g/mol. The van der Waals surface area contributed by atoms with Crippen LogP contribution in [0.3, 0.4) is 0 Å². The van der Waals surface area contributed by atoms with Crippen LogP contribution in [0.2, 0.25) is 0 Å². The van der Waals surface area contributed by atoms with Crippen LogP contribution in [-0.4, -0.2) is 16.6 Å². The van der Waals surface area contributed by atoms with Crippen molar-refractivity contribution in [3.05, 3.63) is 47.7 Å². The van der Waals surface area contributed by atoms with Crippen LogP contribution in [0.15, 0.2) is 36.5 Å². The quantitative estimate of drug-likeness (QED) is 0.831. The summed E-state index contributed by atoms with van der Waals surface area (Å²) in [5.41, 5.74) is 7.95. The molecule has 0 aliphatic carbocycles. The average molecular weight is 258 g/mol. The van der Waals surface area contributed by atoms with Crippen molar-refractivity contribution in [3.8, 4) is 0 Å². The van der Waals surface area contributed by atoms with Gasteiger partial charge in [0.2, 0.25) is 5.95 Å². The van der Waals surface area contributed by atoms with E-state index in [9.17, 15) is 0 Å². The number of anilines is 2. The summed E-state index contributed by atoms with van der Waals surface area (Å²) < 4.78 is 5.45. The first-order chi connectivity index (χ1) is 9.29. The zero-order valence-corrected chi connectivity index (χ0v) is 11.0. The van der Waals surface area contributed by atoms with E-state index in [0.717, 1.165) is 0 Å². The number of hydrogen-bond acceptors (Lipinski definition) is 5. The summed E-state index contributed by atoms with van der Waals surface area (Å²) in [7, 11) is 0. The van der Waals surface area contributed by atoms with Crippen LogP contribution in [0.1, 0.15) is 18.1 Å². The van der Waals surface area contributed by atoms with Crippen molar-refractivity contribution in [1.82, 2.24) is 9.97 Å². The van der Waals surface area contributed by atoms with Crippen molar-refractivity contribution in [1.29, 1.82) is 0 Å². The molecule has 0 radical (unpaired) electrons. The standard InChI is InChI=1S/C14H18N4O/c1-2-19-10-12-6-4-3-5-11(12)9-17-14-16-8-7-13(15)18-14/h3-8H,2,9-10H2,1H3,(H3,15,16,17,18). The second kappa shape index (κ2) is 6.70. The number of nitrogen functional groups attached to an aromatic ring is 1. The molecule has 0 spiro atoms. The molecule has 0 fully saturated rings. The number of benzene rings is 1. The Morgan fingerprint density at radius 1 is 1.21 bits per heavy atom. The molecule has 1 aromatic carbocycles. The Morgan fingerprint density at radius 2 is 2.00 bits per heavy atom. The van der Waals surface area contributed by atoms with E-state index < -0.39 is 0 Å². The fraction of sp³-hybridized carbons (Fsp3) is 0.286. The van der Waals surface area contributed by atoms with Gasteiger partial charge in [-0.25, -0.2) is 4.98 Å². The minimum atomic E-state index is 0.458. The van der Waals surface area contributed by atoms with Crippen molar-refractivity contribution in [2.45, 2.75) is 20.1 Å². The highest BCUT2D eigenvalue weighted by Gasteiger charge is 2.03. The highest BCUT2D eigenvalue weighted by Crippen LogP contribution is 2.12. The van der Waals surface area contributed by atoms with Gasteiger partial charge in [0, 0.05) is 19.3 Å².